The molecular formula is C15H19NO4S. The number of nitrogens with one attached hydrogen (secondary N) is 1. The molecule has 2 rings (SSSR count). The number of aliphatic hydroxyl groups excluding tert-OH is 1. The Morgan fingerprint density at radius 1 is 1.48 bits per heavy atom. The van der Waals surface area contributed by atoms with E-state index in [4.69, 9.17) is 9.84 Å². The van der Waals surface area contributed by atoms with E-state index in [2.05, 4.69) is 16.6 Å². The molecule has 1 aromatic rings. The Bertz CT molecular complexity index is 698. The van der Waals surface area contributed by atoms with Crippen LogP contribution in [0.1, 0.15) is 25.8 Å². The predicted octanol–water partition coefficient (Wildman–Crippen LogP) is 1.12. The summed E-state index contributed by atoms with van der Waals surface area (Å²) in [4.78, 5) is 0.147. The SMILES string of the molecule is COc1ccc(S(=O)(=O)NC2CC2(C)C)cc1C#CCO. The molecule has 0 amide bonds. The lowest BCUT2D eigenvalue weighted by Crippen LogP contribution is -2.28. The monoisotopic (exact) mass is 309 g/mol. The summed E-state index contributed by atoms with van der Waals surface area (Å²) in [6.07, 6.45) is 0.833. The third-order valence-corrected chi connectivity index (χ3v) is 5.06. The van der Waals surface area contributed by atoms with E-state index in [1.54, 1.807) is 6.07 Å². The van der Waals surface area contributed by atoms with Gasteiger partial charge in [0.2, 0.25) is 10.0 Å². The molecule has 0 bridgehead atoms. The summed E-state index contributed by atoms with van der Waals surface area (Å²) in [7, 11) is -2.09. The Hall–Kier alpha value is -1.55. The summed E-state index contributed by atoms with van der Waals surface area (Å²) in [6.45, 7) is 3.74. The number of ether oxygens (including phenoxy) is 1. The molecule has 5 nitrogen and oxygen atoms in total. The molecule has 0 saturated heterocycles. The molecule has 1 saturated carbocycles. The lowest BCUT2D eigenvalue weighted by molar-refractivity contribution is 0.350. The normalized spacial score (nSPS) is 19.5. The van der Waals surface area contributed by atoms with Crippen LogP contribution >= 0.6 is 0 Å². The van der Waals surface area contributed by atoms with Crippen molar-refractivity contribution in [3.8, 4) is 17.6 Å². The van der Waals surface area contributed by atoms with Gasteiger partial charge in [0.15, 0.2) is 0 Å². The molecule has 1 aliphatic rings. The molecular weight excluding hydrogens is 290 g/mol. The third kappa shape index (κ3) is 3.56. The molecule has 21 heavy (non-hydrogen) atoms. The van der Waals surface area contributed by atoms with E-state index in [1.807, 2.05) is 13.8 Å². The number of benzene rings is 1. The fourth-order valence-electron chi connectivity index (χ4n) is 2.01. The third-order valence-electron chi connectivity index (χ3n) is 3.59. The molecule has 0 radical (unpaired) electrons. The van der Waals surface area contributed by atoms with Gasteiger partial charge in [-0.15, -0.1) is 0 Å². The Balaban J connectivity index is 2.31. The van der Waals surface area contributed by atoms with E-state index in [-0.39, 0.29) is 23.0 Å². The second-order valence-corrected chi connectivity index (χ2v) is 7.40. The number of rotatable bonds is 4. The fraction of sp³-hybridized carbons (Fsp3) is 0.467. The highest BCUT2D eigenvalue weighted by atomic mass is 32.2. The van der Waals surface area contributed by atoms with Crippen LogP contribution in [0.3, 0.4) is 0 Å². The van der Waals surface area contributed by atoms with Crippen molar-refractivity contribution in [3.05, 3.63) is 23.8 Å². The van der Waals surface area contributed by atoms with Gasteiger partial charge in [-0.05, 0) is 30.0 Å². The Labute approximate surface area is 125 Å². The van der Waals surface area contributed by atoms with Crippen molar-refractivity contribution >= 4 is 10.0 Å². The number of hydrogen-bond acceptors (Lipinski definition) is 4. The molecule has 1 unspecified atom stereocenters. The Morgan fingerprint density at radius 2 is 2.14 bits per heavy atom. The summed E-state index contributed by atoms with van der Waals surface area (Å²) in [5, 5.41) is 8.76. The van der Waals surface area contributed by atoms with Crippen LogP contribution < -0.4 is 9.46 Å². The first-order valence-corrected chi connectivity index (χ1v) is 8.08. The van der Waals surface area contributed by atoms with Crippen molar-refractivity contribution in [1.29, 1.82) is 0 Å². The summed E-state index contributed by atoms with van der Waals surface area (Å²) in [5.74, 6) is 5.66. The highest BCUT2D eigenvalue weighted by Gasteiger charge is 2.47. The Morgan fingerprint density at radius 3 is 2.67 bits per heavy atom. The van der Waals surface area contributed by atoms with E-state index in [0.717, 1.165) is 6.42 Å². The van der Waals surface area contributed by atoms with Crippen molar-refractivity contribution in [2.24, 2.45) is 5.41 Å². The lowest BCUT2D eigenvalue weighted by Gasteiger charge is -2.10. The minimum absolute atomic E-state index is 0.0130. The maximum atomic E-state index is 12.3. The fourth-order valence-corrected chi connectivity index (χ4v) is 3.44. The predicted molar refractivity (Wildman–Crippen MR) is 79.5 cm³/mol. The number of aliphatic hydroxyl groups is 1. The zero-order valence-corrected chi connectivity index (χ0v) is 13.1. The maximum absolute atomic E-state index is 12.3. The van der Waals surface area contributed by atoms with Gasteiger partial charge in [0, 0.05) is 6.04 Å². The summed E-state index contributed by atoms with van der Waals surface area (Å²) in [6, 6.07) is 4.48. The van der Waals surface area contributed by atoms with Gasteiger partial charge in [0.05, 0.1) is 17.6 Å². The average Bonchev–Trinajstić information content (AvgIpc) is 3.01. The van der Waals surface area contributed by atoms with Crippen molar-refractivity contribution in [1.82, 2.24) is 4.72 Å². The van der Waals surface area contributed by atoms with Crippen LogP contribution in [0.25, 0.3) is 0 Å². The highest BCUT2D eigenvalue weighted by molar-refractivity contribution is 7.89. The molecule has 1 atom stereocenters. The second-order valence-electron chi connectivity index (χ2n) is 5.69. The Kier molecular flexibility index (Phi) is 4.28. The van der Waals surface area contributed by atoms with Crippen LogP contribution in [0.2, 0.25) is 0 Å². The molecule has 0 spiro atoms. The van der Waals surface area contributed by atoms with Crippen molar-refractivity contribution in [3.63, 3.8) is 0 Å². The van der Waals surface area contributed by atoms with Gasteiger partial charge in [-0.1, -0.05) is 25.7 Å². The van der Waals surface area contributed by atoms with E-state index < -0.39 is 10.0 Å². The number of hydrogen-bond donors (Lipinski definition) is 2. The van der Waals surface area contributed by atoms with Crippen LogP contribution in [0.4, 0.5) is 0 Å². The number of sulfonamides is 1. The molecule has 114 valence electrons. The molecule has 0 aliphatic heterocycles. The first-order chi connectivity index (χ1) is 9.80. The molecule has 0 aromatic heterocycles. The largest absolute Gasteiger partial charge is 0.495 e. The lowest BCUT2D eigenvalue weighted by atomic mass is 10.2. The molecule has 0 heterocycles. The molecule has 1 aromatic carbocycles. The molecule has 6 heteroatoms. The van der Waals surface area contributed by atoms with Crippen LogP contribution in [0.15, 0.2) is 23.1 Å². The quantitative estimate of drug-likeness (QED) is 0.817. The van der Waals surface area contributed by atoms with Crippen LogP contribution in [-0.4, -0.2) is 33.3 Å². The van der Waals surface area contributed by atoms with Crippen LogP contribution in [-0.2, 0) is 10.0 Å². The van der Waals surface area contributed by atoms with Gasteiger partial charge in [-0.3, -0.25) is 0 Å². The van der Waals surface area contributed by atoms with Crippen molar-refractivity contribution in [2.75, 3.05) is 13.7 Å². The van der Waals surface area contributed by atoms with Crippen molar-refractivity contribution in [2.45, 2.75) is 31.2 Å². The second kappa shape index (κ2) is 5.68. The first kappa shape index (κ1) is 15.8. The summed E-state index contributed by atoms with van der Waals surface area (Å²) >= 11 is 0. The van der Waals surface area contributed by atoms with Gasteiger partial charge < -0.3 is 9.84 Å². The minimum atomic E-state index is -3.58. The maximum Gasteiger partial charge on any atom is 0.240 e. The smallest absolute Gasteiger partial charge is 0.240 e. The van der Waals surface area contributed by atoms with Crippen LogP contribution in [0, 0.1) is 17.3 Å². The van der Waals surface area contributed by atoms with E-state index in [1.165, 1.54) is 19.2 Å². The summed E-state index contributed by atoms with van der Waals surface area (Å²) < 4.78 is 32.5. The van der Waals surface area contributed by atoms with Gasteiger partial charge in [-0.25, -0.2) is 13.1 Å². The first-order valence-electron chi connectivity index (χ1n) is 6.60. The highest BCUT2D eigenvalue weighted by Crippen LogP contribution is 2.45. The standard InChI is InChI=1S/C15H19NO4S/c1-15(2)10-14(15)16-21(18,19)12-6-7-13(20-3)11(9-12)5-4-8-17/h6-7,9,14,16-17H,8,10H2,1-3H3. The molecule has 1 aliphatic carbocycles. The van der Waals surface area contributed by atoms with Gasteiger partial charge in [-0.2, -0.15) is 0 Å². The number of methoxy groups -OCH3 is 1. The van der Waals surface area contributed by atoms with E-state index >= 15 is 0 Å². The summed E-state index contributed by atoms with van der Waals surface area (Å²) in [5.41, 5.74) is 0.448. The van der Waals surface area contributed by atoms with Gasteiger partial charge in [0.1, 0.15) is 12.4 Å². The van der Waals surface area contributed by atoms with Gasteiger partial charge >= 0.3 is 0 Å². The van der Waals surface area contributed by atoms with Crippen molar-refractivity contribution < 1.29 is 18.3 Å². The van der Waals surface area contributed by atoms with Gasteiger partial charge in [0.25, 0.3) is 0 Å². The molecule has 2 N–H and O–H groups in total. The zero-order chi connectivity index (χ0) is 15.7. The van der Waals surface area contributed by atoms with E-state index in [9.17, 15) is 8.42 Å². The van der Waals surface area contributed by atoms with Crippen LogP contribution in [0.5, 0.6) is 5.75 Å². The zero-order valence-electron chi connectivity index (χ0n) is 12.3. The average molecular weight is 309 g/mol. The minimum Gasteiger partial charge on any atom is -0.495 e. The van der Waals surface area contributed by atoms with E-state index in [0.29, 0.717) is 11.3 Å². The topological polar surface area (TPSA) is 75.6 Å². The molecule has 1 fully saturated rings.